The Labute approximate surface area is 103 Å². The molecule has 0 aromatic rings. The van der Waals surface area contributed by atoms with Crippen LogP contribution in [0.5, 0.6) is 0 Å². The molecule has 0 amide bonds. The number of thioether (sulfide) groups is 1. The van der Waals surface area contributed by atoms with Crippen LogP contribution in [0.15, 0.2) is 4.99 Å². The first kappa shape index (κ1) is 13.8. The summed E-state index contributed by atoms with van der Waals surface area (Å²) in [5.41, 5.74) is 0. The molecule has 0 radical (unpaired) electrons. The predicted octanol–water partition coefficient (Wildman–Crippen LogP) is 2.52. The maximum absolute atomic E-state index is 5.51. The van der Waals surface area contributed by atoms with E-state index in [1.807, 2.05) is 11.8 Å². The Balaban J connectivity index is 2.00. The van der Waals surface area contributed by atoms with Gasteiger partial charge in [0.05, 0.1) is 13.2 Å². The van der Waals surface area contributed by atoms with E-state index in [0.29, 0.717) is 6.04 Å². The molecular formula is C12H24N2OS. The number of hydrogen-bond donors (Lipinski definition) is 1. The monoisotopic (exact) mass is 244 g/mol. The molecule has 16 heavy (non-hydrogen) atoms. The molecule has 0 aliphatic carbocycles. The van der Waals surface area contributed by atoms with E-state index in [9.17, 15) is 0 Å². The van der Waals surface area contributed by atoms with Gasteiger partial charge in [-0.15, -0.1) is 0 Å². The van der Waals surface area contributed by atoms with E-state index in [1.54, 1.807) is 0 Å². The lowest BCUT2D eigenvalue weighted by Crippen LogP contribution is -2.26. The zero-order chi connectivity index (χ0) is 11.8. The van der Waals surface area contributed by atoms with Crippen molar-refractivity contribution in [2.75, 3.05) is 25.5 Å². The fourth-order valence-electron chi connectivity index (χ4n) is 1.38. The third-order valence-electron chi connectivity index (χ3n) is 2.57. The Hall–Kier alpha value is -0.220. The van der Waals surface area contributed by atoms with Crippen LogP contribution in [-0.4, -0.2) is 36.7 Å². The number of hydrogen-bond acceptors (Lipinski definition) is 3. The first-order valence-electron chi connectivity index (χ1n) is 6.24. The third kappa shape index (κ3) is 5.75. The van der Waals surface area contributed by atoms with E-state index in [1.165, 1.54) is 6.42 Å². The van der Waals surface area contributed by atoms with E-state index in [4.69, 9.17) is 4.74 Å². The minimum atomic E-state index is 0.616. The molecule has 94 valence electrons. The second-order valence-electron chi connectivity index (χ2n) is 4.54. The minimum Gasteiger partial charge on any atom is -0.380 e. The van der Waals surface area contributed by atoms with Gasteiger partial charge in [0.1, 0.15) is 0 Å². The lowest BCUT2D eigenvalue weighted by molar-refractivity contribution is 0.131. The Bertz CT molecular complexity index is 219. The number of nitrogens with one attached hydrogen (secondary N) is 1. The van der Waals surface area contributed by atoms with Gasteiger partial charge in [0, 0.05) is 18.4 Å². The summed E-state index contributed by atoms with van der Waals surface area (Å²) in [5, 5.41) is 4.50. The van der Waals surface area contributed by atoms with Gasteiger partial charge in [0.25, 0.3) is 0 Å². The van der Waals surface area contributed by atoms with Crippen LogP contribution in [0.4, 0.5) is 0 Å². The molecule has 0 spiro atoms. The molecule has 1 aliphatic heterocycles. The van der Waals surface area contributed by atoms with Gasteiger partial charge in [-0.05, 0) is 18.8 Å². The maximum Gasteiger partial charge on any atom is 0.156 e. The van der Waals surface area contributed by atoms with Crippen molar-refractivity contribution in [2.24, 2.45) is 10.9 Å². The van der Waals surface area contributed by atoms with Crippen molar-refractivity contribution < 1.29 is 4.74 Å². The second kappa shape index (κ2) is 7.96. The largest absolute Gasteiger partial charge is 0.380 e. The lowest BCUT2D eigenvalue weighted by atomic mass is 10.1. The van der Waals surface area contributed by atoms with Crippen molar-refractivity contribution in [3.63, 3.8) is 0 Å². The first-order chi connectivity index (χ1) is 7.72. The van der Waals surface area contributed by atoms with Gasteiger partial charge in [0.15, 0.2) is 5.17 Å². The molecule has 1 N–H and O–H groups in total. The minimum absolute atomic E-state index is 0.616. The van der Waals surface area contributed by atoms with Crippen LogP contribution in [0.1, 0.15) is 33.6 Å². The average molecular weight is 244 g/mol. The molecule has 1 aliphatic rings. The van der Waals surface area contributed by atoms with Gasteiger partial charge in [-0.1, -0.05) is 32.5 Å². The highest BCUT2D eigenvalue weighted by Crippen LogP contribution is 2.15. The zero-order valence-electron chi connectivity index (χ0n) is 10.7. The molecule has 4 heteroatoms. The second-order valence-corrected chi connectivity index (χ2v) is 5.55. The van der Waals surface area contributed by atoms with E-state index < -0.39 is 0 Å². The molecule has 0 aromatic heterocycles. The normalized spacial score (nSPS) is 23.0. The van der Waals surface area contributed by atoms with Gasteiger partial charge in [-0.3, -0.25) is 4.99 Å². The SMILES string of the molecule is CCC1CSC(=NCCOCCC(C)C)N1. The summed E-state index contributed by atoms with van der Waals surface area (Å²) >= 11 is 1.83. The molecule has 1 heterocycles. The smallest absolute Gasteiger partial charge is 0.156 e. The molecule has 3 nitrogen and oxygen atoms in total. The van der Waals surface area contributed by atoms with Crippen molar-refractivity contribution in [3.05, 3.63) is 0 Å². The van der Waals surface area contributed by atoms with Crippen LogP contribution >= 0.6 is 11.8 Å². The number of ether oxygens (including phenoxy) is 1. The highest BCUT2D eigenvalue weighted by atomic mass is 32.2. The number of amidine groups is 1. The summed E-state index contributed by atoms with van der Waals surface area (Å²) in [7, 11) is 0. The summed E-state index contributed by atoms with van der Waals surface area (Å²) < 4.78 is 5.51. The van der Waals surface area contributed by atoms with Crippen molar-refractivity contribution in [2.45, 2.75) is 39.7 Å². The molecule has 1 unspecified atom stereocenters. The predicted molar refractivity (Wildman–Crippen MR) is 72.2 cm³/mol. The van der Waals surface area contributed by atoms with Crippen LogP contribution in [0.2, 0.25) is 0 Å². The number of rotatable bonds is 7. The van der Waals surface area contributed by atoms with Crippen LogP contribution in [-0.2, 0) is 4.74 Å². The summed E-state index contributed by atoms with van der Waals surface area (Å²) in [4.78, 5) is 4.48. The fraction of sp³-hybridized carbons (Fsp3) is 0.917. The van der Waals surface area contributed by atoms with Crippen molar-refractivity contribution in [1.82, 2.24) is 5.32 Å². The summed E-state index contributed by atoms with van der Waals surface area (Å²) in [6, 6.07) is 0.616. The molecule has 0 saturated carbocycles. The standard InChI is InChI=1S/C12H24N2OS/c1-4-11-9-16-12(14-11)13-6-8-15-7-5-10(2)3/h10-11H,4-9H2,1-3H3,(H,13,14). The fourth-order valence-corrected chi connectivity index (χ4v) is 2.49. The van der Waals surface area contributed by atoms with Gasteiger partial charge >= 0.3 is 0 Å². The van der Waals surface area contributed by atoms with Gasteiger partial charge in [0.2, 0.25) is 0 Å². The topological polar surface area (TPSA) is 33.6 Å². The average Bonchev–Trinajstić information content (AvgIpc) is 2.70. The highest BCUT2D eigenvalue weighted by Gasteiger charge is 2.17. The molecule has 1 saturated heterocycles. The molecular weight excluding hydrogens is 220 g/mol. The van der Waals surface area contributed by atoms with Gasteiger partial charge < -0.3 is 10.1 Å². The van der Waals surface area contributed by atoms with Crippen molar-refractivity contribution in [1.29, 1.82) is 0 Å². The quantitative estimate of drug-likeness (QED) is 0.699. The summed E-state index contributed by atoms with van der Waals surface area (Å²) in [6.07, 6.45) is 2.32. The van der Waals surface area contributed by atoms with Gasteiger partial charge in [-0.2, -0.15) is 0 Å². The van der Waals surface area contributed by atoms with E-state index in [2.05, 4.69) is 31.1 Å². The highest BCUT2D eigenvalue weighted by molar-refractivity contribution is 8.14. The molecule has 0 bridgehead atoms. The van der Waals surface area contributed by atoms with E-state index in [-0.39, 0.29) is 0 Å². The summed E-state index contributed by atoms with van der Waals surface area (Å²) in [6.45, 7) is 9.02. The Morgan fingerprint density at radius 2 is 2.31 bits per heavy atom. The maximum atomic E-state index is 5.51. The van der Waals surface area contributed by atoms with Crippen molar-refractivity contribution in [3.8, 4) is 0 Å². The first-order valence-corrected chi connectivity index (χ1v) is 7.22. The molecule has 1 fully saturated rings. The van der Waals surface area contributed by atoms with Crippen LogP contribution < -0.4 is 5.32 Å². The Kier molecular flexibility index (Phi) is 6.88. The third-order valence-corrected chi connectivity index (χ3v) is 3.66. The lowest BCUT2D eigenvalue weighted by Gasteiger charge is -2.06. The van der Waals surface area contributed by atoms with Crippen LogP contribution in [0.3, 0.4) is 0 Å². The molecule has 0 aromatic carbocycles. The van der Waals surface area contributed by atoms with E-state index >= 15 is 0 Å². The number of nitrogens with zero attached hydrogens (tertiary/aromatic N) is 1. The summed E-state index contributed by atoms with van der Waals surface area (Å²) in [5.74, 6) is 1.88. The molecule has 1 rings (SSSR count). The molecule has 1 atom stereocenters. The van der Waals surface area contributed by atoms with Crippen LogP contribution in [0, 0.1) is 5.92 Å². The Morgan fingerprint density at radius 3 is 2.94 bits per heavy atom. The zero-order valence-corrected chi connectivity index (χ0v) is 11.5. The Morgan fingerprint density at radius 1 is 1.50 bits per heavy atom. The number of aliphatic imine (C=N–C) groups is 1. The van der Waals surface area contributed by atoms with Crippen molar-refractivity contribution >= 4 is 16.9 Å². The van der Waals surface area contributed by atoms with Crippen LogP contribution in [0.25, 0.3) is 0 Å². The van der Waals surface area contributed by atoms with Gasteiger partial charge in [-0.25, -0.2) is 0 Å². The van der Waals surface area contributed by atoms with E-state index in [0.717, 1.165) is 43.0 Å².